The van der Waals surface area contributed by atoms with E-state index in [4.69, 9.17) is 0 Å². The van der Waals surface area contributed by atoms with Gasteiger partial charge in [-0.15, -0.1) is 0 Å². The second-order valence-corrected chi connectivity index (χ2v) is 5.62. The first kappa shape index (κ1) is 13.1. The molecule has 0 fully saturated rings. The summed E-state index contributed by atoms with van der Waals surface area (Å²) in [5.41, 5.74) is 2.93. The molecule has 0 spiro atoms. The summed E-state index contributed by atoms with van der Waals surface area (Å²) in [5, 5.41) is 0. The molecule has 0 aromatic heterocycles. The lowest BCUT2D eigenvalue weighted by atomic mass is 9.99. The number of alkyl halides is 1. The predicted molar refractivity (Wildman–Crippen MR) is 83.6 cm³/mol. The van der Waals surface area contributed by atoms with Crippen LogP contribution in [0.3, 0.4) is 0 Å². The molecule has 17 heavy (non-hydrogen) atoms. The lowest BCUT2D eigenvalue weighted by Crippen LogP contribution is -2.29. The zero-order valence-electron chi connectivity index (χ0n) is 10.2. The molecular weight excluding hydrogens is 321 g/mol. The summed E-state index contributed by atoms with van der Waals surface area (Å²) in [6.45, 7) is 3.62. The summed E-state index contributed by atoms with van der Waals surface area (Å²) < 4.78 is 1.29. The number of hydrogen-bond donors (Lipinski definition) is 0. The third-order valence-electron chi connectivity index (χ3n) is 3.30. The molecule has 0 aliphatic carbocycles. The van der Waals surface area contributed by atoms with Gasteiger partial charge in [-0.1, -0.05) is 59.0 Å². The fourth-order valence-corrected chi connectivity index (χ4v) is 2.80. The maximum atomic E-state index is 2.57. The molecule has 1 aromatic rings. The van der Waals surface area contributed by atoms with Crippen LogP contribution in [0.1, 0.15) is 24.8 Å². The highest BCUT2D eigenvalue weighted by atomic mass is 127. The molecule has 0 unspecified atom stereocenters. The van der Waals surface area contributed by atoms with Crippen LogP contribution in [0.2, 0.25) is 0 Å². The Morgan fingerprint density at radius 1 is 1.12 bits per heavy atom. The first-order valence-electron chi connectivity index (χ1n) is 6.43. The van der Waals surface area contributed by atoms with E-state index in [9.17, 15) is 0 Å². The molecule has 0 amide bonds. The van der Waals surface area contributed by atoms with E-state index in [1.165, 1.54) is 47.9 Å². The van der Waals surface area contributed by atoms with Gasteiger partial charge in [-0.05, 0) is 41.4 Å². The Bertz CT molecular complexity index is 358. The summed E-state index contributed by atoms with van der Waals surface area (Å²) in [6, 6.07) is 10.8. The fourth-order valence-electron chi connectivity index (χ4n) is 2.26. The lowest BCUT2D eigenvalue weighted by molar-refractivity contribution is 0.297. The number of rotatable bonds is 5. The van der Waals surface area contributed by atoms with E-state index in [2.05, 4.69) is 63.9 Å². The van der Waals surface area contributed by atoms with Crippen LogP contribution in [0.4, 0.5) is 0 Å². The van der Waals surface area contributed by atoms with E-state index in [0.29, 0.717) is 0 Å². The summed E-state index contributed by atoms with van der Waals surface area (Å²) in [5.74, 6) is 0. The highest BCUT2D eigenvalue weighted by Crippen LogP contribution is 2.21. The van der Waals surface area contributed by atoms with Gasteiger partial charge in [0, 0.05) is 13.1 Å². The van der Waals surface area contributed by atoms with Gasteiger partial charge in [-0.25, -0.2) is 0 Å². The van der Waals surface area contributed by atoms with E-state index in [1.54, 1.807) is 0 Å². The molecule has 0 saturated heterocycles. The van der Waals surface area contributed by atoms with Crippen LogP contribution < -0.4 is 0 Å². The second kappa shape index (κ2) is 7.17. The lowest BCUT2D eigenvalue weighted by Gasteiger charge is -2.26. The van der Waals surface area contributed by atoms with Crippen LogP contribution in [0.15, 0.2) is 36.4 Å². The number of halogens is 1. The molecule has 0 N–H and O–H groups in total. The van der Waals surface area contributed by atoms with Gasteiger partial charge in [-0.2, -0.15) is 0 Å². The molecule has 1 aliphatic heterocycles. The van der Waals surface area contributed by atoms with Crippen molar-refractivity contribution in [2.45, 2.75) is 19.3 Å². The molecule has 92 valence electrons. The van der Waals surface area contributed by atoms with Crippen molar-refractivity contribution < 1.29 is 0 Å². The van der Waals surface area contributed by atoms with Gasteiger partial charge in [0.25, 0.3) is 0 Å². The zero-order valence-corrected chi connectivity index (χ0v) is 12.4. The van der Waals surface area contributed by atoms with Crippen LogP contribution >= 0.6 is 22.6 Å². The maximum absolute atomic E-state index is 2.57. The summed E-state index contributed by atoms with van der Waals surface area (Å²) >= 11 is 2.46. The van der Waals surface area contributed by atoms with Gasteiger partial charge in [0.2, 0.25) is 0 Å². The predicted octanol–water partition coefficient (Wildman–Crippen LogP) is 3.99. The molecule has 1 aliphatic rings. The monoisotopic (exact) mass is 341 g/mol. The van der Waals surface area contributed by atoms with Crippen LogP contribution in [0, 0.1) is 0 Å². The van der Waals surface area contributed by atoms with Crippen molar-refractivity contribution >= 4 is 28.2 Å². The van der Waals surface area contributed by atoms with Crippen LogP contribution in [0.25, 0.3) is 5.57 Å². The minimum Gasteiger partial charge on any atom is -0.299 e. The quantitative estimate of drug-likeness (QED) is 0.445. The van der Waals surface area contributed by atoms with Crippen LogP contribution in [-0.2, 0) is 0 Å². The molecule has 1 heterocycles. The molecule has 0 saturated carbocycles. The van der Waals surface area contributed by atoms with Gasteiger partial charge >= 0.3 is 0 Å². The first-order chi connectivity index (χ1) is 8.40. The van der Waals surface area contributed by atoms with Crippen LogP contribution in [0.5, 0.6) is 0 Å². The molecule has 0 atom stereocenters. The molecule has 2 heteroatoms. The minimum absolute atomic E-state index is 1.13. The minimum atomic E-state index is 1.13. The van der Waals surface area contributed by atoms with Gasteiger partial charge in [0.1, 0.15) is 0 Å². The van der Waals surface area contributed by atoms with Crippen molar-refractivity contribution in [2.24, 2.45) is 0 Å². The number of benzene rings is 1. The Morgan fingerprint density at radius 3 is 2.59 bits per heavy atom. The standard InChI is InChI=1S/C15H20IN/c16-10-4-5-11-17-12-8-15(9-13-17)14-6-2-1-3-7-14/h1-3,6-8H,4-5,9-13H2. The first-order valence-corrected chi connectivity index (χ1v) is 7.95. The third kappa shape index (κ3) is 4.11. The number of nitrogens with zero attached hydrogens (tertiary/aromatic N) is 1. The average molecular weight is 341 g/mol. The molecule has 1 nitrogen and oxygen atoms in total. The Morgan fingerprint density at radius 2 is 1.94 bits per heavy atom. The van der Waals surface area contributed by atoms with Crippen molar-refractivity contribution in [3.05, 3.63) is 42.0 Å². The van der Waals surface area contributed by atoms with E-state index in [1.807, 2.05) is 0 Å². The van der Waals surface area contributed by atoms with Crippen molar-refractivity contribution in [1.29, 1.82) is 0 Å². The summed E-state index contributed by atoms with van der Waals surface area (Å²) in [4.78, 5) is 2.57. The third-order valence-corrected chi connectivity index (χ3v) is 4.06. The van der Waals surface area contributed by atoms with Gasteiger partial charge < -0.3 is 0 Å². The smallest absolute Gasteiger partial charge is 0.0169 e. The number of unbranched alkanes of at least 4 members (excludes halogenated alkanes) is 1. The highest BCUT2D eigenvalue weighted by Gasteiger charge is 2.11. The largest absolute Gasteiger partial charge is 0.299 e. The summed E-state index contributed by atoms with van der Waals surface area (Å²) in [7, 11) is 0. The molecular formula is C15H20IN. The maximum Gasteiger partial charge on any atom is 0.0169 e. The van der Waals surface area contributed by atoms with Crippen molar-refractivity contribution in [2.75, 3.05) is 24.1 Å². The Hall–Kier alpha value is -0.350. The van der Waals surface area contributed by atoms with Gasteiger partial charge in [-0.3, -0.25) is 4.90 Å². The Kier molecular flexibility index (Phi) is 5.52. The Balaban J connectivity index is 1.85. The molecule has 0 radical (unpaired) electrons. The summed E-state index contributed by atoms with van der Waals surface area (Å²) in [6.07, 6.45) is 6.31. The van der Waals surface area contributed by atoms with Gasteiger partial charge in [0.15, 0.2) is 0 Å². The van der Waals surface area contributed by atoms with E-state index < -0.39 is 0 Å². The average Bonchev–Trinajstić information content (AvgIpc) is 2.41. The van der Waals surface area contributed by atoms with Crippen molar-refractivity contribution in [3.63, 3.8) is 0 Å². The Labute approximate surface area is 118 Å². The van der Waals surface area contributed by atoms with E-state index >= 15 is 0 Å². The number of hydrogen-bond acceptors (Lipinski definition) is 1. The van der Waals surface area contributed by atoms with Crippen LogP contribution in [-0.4, -0.2) is 29.0 Å². The van der Waals surface area contributed by atoms with Gasteiger partial charge in [0.05, 0.1) is 0 Å². The topological polar surface area (TPSA) is 3.24 Å². The van der Waals surface area contributed by atoms with Crippen molar-refractivity contribution in [1.82, 2.24) is 4.90 Å². The molecule has 1 aromatic carbocycles. The highest BCUT2D eigenvalue weighted by molar-refractivity contribution is 14.1. The van der Waals surface area contributed by atoms with Crippen molar-refractivity contribution in [3.8, 4) is 0 Å². The second-order valence-electron chi connectivity index (χ2n) is 4.54. The van der Waals surface area contributed by atoms with E-state index in [-0.39, 0.29) is 0 Å². The SMILES string of the molecule is ICCCCN1CC=C(c2ccccc2)CC1. The van der Waals surface area contributed by atoms with E-state index in [0.717, 1.165) is 6.54 Å². The molecule has 0 bridgehead atoms. The normalized spacial score (nSPS) is 16.9. The zero-order chi connectivity index (χ0) is 11.9. The fraction of sp³-hybridized carbons (Fsp3) is 0.467. The molecule has 2 rings (SSSR count).